The van der Waals surface area contributed by atoms with Crippen LogP contribution in [0.15, 0.2) is 17.4 Å². The minimum absolute atomic E-state index is 0.244. The van der Waals surface area contributed by atoms with Crippen molar-refractivity contribution in [1.82, 2.24) is 5.32 Å². The summed E-state index contributed by atoms with van der Waals surface area (Å²) in [7, 11) is 0. The highest BCUT2D eigenvalue weighted by atomic mass is 15.0. The topological polar surface area (TPSA) is 26.5 Å². The maximum absolute atomic E-state index is 4.40. The molecule has 83 valence electrons. The highest BCUT2D eigenvalue weighted by molar-refractivity contribution is 5.90. The summed E-state index contributed by atoms with van der Waals surface area (Å²) in [6.45, 7) is 2.34. The predicted molar refractivity (Wildman–Crippen MR) is 63.8 cm³/mol. The van der Waals surface area contributed by atoms with E-state index in [9.17, 15) is 0 Å². The molecule has 15 heavy (non-hydrogen) atoms. The van der Waals surface area contributed by atoms with Crippen LogP contribution in [-0.2, 0) is 0 Å². The molecule has 0 aromatic rings. The first-order valence-corrected chi connectivity index (χ1v) is 6.25. The first-order valence-electron chi connectivity index (χ1n) is 6.25. The number of amidine groups is 1. The molecule has 2 nitrogen and oxygen atoms in total. The van der Waals surface area contributed by atoms with E-state index in [4.69, 9.17) is 0 Å². The van der Waals surface area contributed by atoms with E-state index in [0.29, 0.717) is 0 Å². The van der Waals surface area contributed by atoms with Gasteiger partial charge in [-0.1, -0.05) is 45.4 Å². The van der Waals surface area contributed by atoms with Crippen LogP contribution >= 0.6 is 0 Å². The minimum Gasteiger partial charge on any atom is -0.239 e. The Morgan fingerprint density at radius 2 is 1.53 bits per heavy atom. The molecule has 1 aliphatic carbocycles. The van der Waals surface area contributed by atoms with Crippen molar-refractivity contribution < 1.29 is 0 Å². The largest absolute Gasteiger partial charge is 0.239 e. The Bertz CT molecular complexity index is 256. The third kappa shape index (κ3) is 2.61. The molecule has 2 heteroatoms. The van der Waals surface area contributed by atoms with Gasteiger partial charge >= 0.3 is 0 Å². The zero-order chi connectivity index (χ0) is 10.6. The van der Waals surface area contributed by atoms with Crippen molar-refractivity contribution in [3.05, 3.63) is 12.4 Å². The van der Waals surface area contributed by atoms with Gasteiger partial charge in [0.05, 0.1) is 0 Å². The van der Waals surface area contributed by atoms with Gasteiger partial charge in [0.1, 0.15) is 5.84 Å². The number of hydrogen-bond donors (Lipinski definition) is 0. The van der Waals surface area contributed by atoms with E-state index in [0.717, 1.165) is 5.84 Å². The summed E-state index contributed by atoms with van der Waals surface area (Å²) in [6, 6.07) is 0. The molecule has 1 aliphatic heterocycles. The van der Waals surface area contributed by atoms with E-state index in [-0.39, 0.29) is 5.41 Å². The molecule has 0 bridgehead atoms. The van der Waals surface area contributed by atoms with Crippen LogP contribution in [0.25, 0.3) is 0 Å². The summed E-state index contributed by atoms with van der Waals surface area (Å²) in [5, 5.41) is 4.40. The van der Waals surface area contributed by atoms with Gasteiger partial charge in [-0.25, -0.2) is 10.3 Å². The number of aliphatic imine (C=N–C) groups is 1. The summed E-state index contributed by atoms with van der Waals surface area (Å²) < 4.78 is 0. The zero-order valence-electron chi connectivity index (χ0n) is 9.71. The standard InChI is InChI=1S/C13H21N2/c1-13(12-14-10-11-15-12)8-6-4-2-3-5-7-9-13/h10-11H,2-9H2,1H3. The summed E-state index contributed by atoms with van der Waals surface area (Å²) in [6.07, 6.45) is 14.5. The molecule has 2 aliphatic rings. The Morgan fingerprint density at radius 1 is 0.933 bits per heavy atom. The van der Waals surface area contributed by atoms with Crippen molar-refractivity contribution in [3.8, 4) is 0 Å². The quantitative estimate of drug-likeness (QED) is 0.625. The fourth-order valence-corrected chi connectivity index (χ4v) is 2.64. The maximum Gasteiger partial charge on any atom is 0.134 e. The smallest absolute Gasteiger partial charge is 0.134 e. The van der Waals surface area contributed by atoms with Crippen LogP contribution in [0.4, 0.5) is 0 Å². The van der Waals surface area contributed by atoms with Gasteiger partial charge in [0.2, 0.25) is 0 Å². The molecule has 0 spiro atoms. The molecule has 1 saturated carbocycles. The lowest BCUT2D eigenvalue weighted by atomic mass is 9.79. The van der Waals surface area contributed by atoms with Crippen LogP contribution in [0, 0.1) is 5.41 Å². The fraction of sp³-hybridized carbons (Fsp3) is 0.769. The van der Waals surface area contributed by atoms with Gasteiger partial charge in [-0.15, -0.1) is 0 Å². The molecule has 0 aromatic carbocycles. The molecule has 1 heterocycles. The van der Waals surface area contributed by atoms with Crippen molar-refractivity contribution in [2.24, 2.45) is 10.4 Å². The molecule has 0 atom stereocenters. The molecule has 0 saturated heterocycles. The van der Waals surface area contributed by atoms with Gasteiger partial charge in [-0.2, -0.15) is 0 Å². The lowest BCUT2D eigenvalue weighted by Crippen LogP contribution is -2.31. The van der Waals surface area contributed by atoms with Gasteiger partial charge in [-0.05, 0) is 12.8 Å². The fourth-order valence-electron chi connectivity index (χ4n) is 2.64. The highest BCUT2D eigenvalue weighted by Gasteiger charge is 2.31. The van der Waals surface area contributed by atoms with Crippen molar-refractivity contribution in [2.75, 3.05) is 0 Å². The molecule has 1 fully saturated rings. The van der Waals surface area contributed by atoms with Crippen LogP contribution in [0.5, 0.6) is 0 Å². The van der Waals surface area contributed by atoms with Gasteiger partial charge in [0, 0.05) is 17.8 Å². The van der Waals surface area contributed by atoms with Crippen molar-refractivity contribution >= 4 is 5.84 Å². The molecule has 0 aromatic heterocycles. The van der Waals surface area contributed by atoms with Gasteiger partial charge in [0.15, 0.2) is 0 Å². The van der Waals surface area contributed by atoms with Gasteiger partial charge in [-0.3, -0.25) is 0 Å². The SMILES string of the molecule is CC1(C2=NC=C[N]2)CCCCCCCC1. The van der Waals surface area contributed by atoms with Crippen LogP contribution in [0.1, 0.15) is 58.3 Å². The molecule has 0 amide bonds. The molecular formula is C13H21N2. The Morgan fingerprint density at radius 3 is 2.07 bits per heavy atom. The van der Waals surface area contributed by atoms with E-state index in [1.54, 1.807) is 0 Å². The monoisotopic (exact) mass is 205 g/mol. The lowest BCUT2D eigenvalue weighted by molar-refractivity contribution is 0.368. The molecule has 2 rings (SSSR count). The summed E-state index contributed by atoms with van der Waals surface area (Å²) in [5.41, 5.74) is 0.244. The Labute approximate surface area is 92.9 Å². The Balaban J connectivity index is 2.02. The van der Waals surface area contributed by atoms with Crippen molar-refractivity contribution in [2.45, 2.75) is 58.3 Å². The maximum atomic E-state index is 4.40. The first-order chi connectivity index (χ1) is 7.31. The second-order valence-electron chi connectivity index (χ2n) is 5.06. The summed E-state index contributed by atoms with van der Waals surface area (Å²) >= 11 is 0. The van der Waals surface area contributed by atoms with Crippen LogP contribution < -0.4 is 5.32 Å². The van der Waals surface area contributed by atoms with Crippen LogP contribution in [0.2, 0.25) is 0 Å². The second-order valence-corrected chi connectivity index (χ2v) is 5.06. The molecular weight excluding hydrogens is 184 g/mol. The van der Waals surface area contributed by atoms with Crippen molar-refractivity contribution in [3.63, 3.8) is 0 Å². The predicted octanol–water partition coefficient (Wildman–Crippen LogP) is 3.61. The van der Waals surface area contributed by atoms with Crippen LogP contribution in [-0.4, -0.2) is 5.84 Å². The van der Waals surface area contributed by atoms with E-state index in [2.05, 4.69) is 17.2 Å². The van der Waals surface area contributed by atoms with E-state index in [1.165, 1.54) is 51.4 Å². The minimum atomic E-state index is 0.244. The lowest BCUT2D eigenvalue weighted by Gasteiger charge is -2.28. The van der Waals surface area contributed by atoms with E-state index < -0.39 is 0 Å². The Hall–Kier alpha value is -0.790. The molecule has 1 radical (unpaired) electrons. The van der Waals surface area contributed by atoms with Gasteiger partial charge in [0.25, 0.3) is 0 Å². The summed E-state index contributed by atoms with van der Waals surface area (Å²) in [5.74, 6) is 1.07. The molecule has 0 unspecified atom stereocenters. The number of nitrogens with zero attached hydrogens (tertiary/aromatic N) is 2. The van der Waals surface area contributed by atoms with Crippen molar-refractivity contribution in [1.29, 1.82) is 0 Å². The van der Waals surface area contributed by atoms with Crippen LogP contribution in [0.3, 0.4) is 0 Å². The number of rotatable bonds is 1. The normalized spacial score (nSPS) is 26.1. The average Bonchev–Trinajstić information content (AvgIpc) is 2.75. The van der Waals surface area contributed by atoms with E-state index >= 15 is 0 Å². The van der Waals surface area contributed by atoms with Gasteiger partial charge < -0.3 is 0 Å². The number of hydrogen-bond acceptors (Lipinski definition) is 1. The molecule has 0 N–H and O–H groups in total. The Kier molecular flexibility index (Phi) is 3.45. The second kappa shape index (κ2) is 4.82. The first kappa shape index (κ1) is 10.7. The zero-order valence-corrected chi connectivity index (χ0v) is 9.71. The third-order valence-corrected chi connectivity index (χ3v) is 3.71. The third-order valence-electron chi connectivity index (χ3n) is 3.71. The average molecular weight is 205 g/mol. The van der Waals surface area contributed by atoms with E-state index in [1.807, 2.05) is 12.4 Å². The highest BCUT2D eigenvalue weighted by Crippen LogP contribution is 2.35. The summed E-state index contributed by atoms with van der Waals surface area (Å²) in [4.78, 5) is 4.40.